The summed E-state index contributed by atoms with van der Waals surface area (Å²) in [7, 11) is -20.8. The SMILES string of the molecule is CC(CC(S(=O)(=O)C(F)(F)F)S(=O)(=O)C(F)(F)F)OS(=O)(=O)C(F)(F)F. The second-order valence-corrected chi connectivity index (χ2v) is 10.6. The largest absolute Gasteiger partial charge is 0.523 e. The second kappa shape index (κ2) is 6.97. The minimum atomic E-state index is -7.13. The number of rotatable bonds is 6. The summed E-state index contributed by atoms with van der Waals surface area (Å²) in [5.41, 5.74) is -19.2. The molecule has 0 saturated heterocycles. The molecule has 158 valence electrons. The van der Waals surface area contributed by atoms with Crippen molar-refractivity contribution in [3.05, 3.63) is 0 Å². The first kappa shape index (κ1) is 25.2. The van der Waals surface area contributed by atoms with E-state index in [9.17, 15) is 64.8 Å². The summed E-state index contributed by atoms with van der Waals surface area (Å²) in [6, 6.07) is 0. The molecule has 0 aromatic carbocycles. The van der Waals surface area contributed by atoms with Crippen molar-refractivity contribution in [2.75, 3.05) is 0 Å². The summed E-state index contributed by atoms with van der Waals surface area (Å²) in [4.78, 5) is 0. The Bertz CT molecular complexity index is 772. The number of halogens is 9. The molecule has 0 aliphatic heterocycles. The maximum Gasteiger partial charge on any atom is 0.523 e. The lowest BCUT2D eigenvalue weighted by Gasteiger charge is -2.23. The molecule has 0 bridgehead atoms. The van der Waals surface area contributed by atoms with Crippen LogP contribution in [0.15, 0.2) is 0 Å². The van der Waals surface area contributed by atoms with Gasteiger partial charge in [0.05, 0.1) is 6.10 Å². The lowest BCUT2D eigenvalue weighted by molar-refractivity contribution is -0.0577. The molecule has 26 heavy (non-hydrogen) atoms. The summed E-state index contributed by atoms with van der Waals surface area (Å²) in [5.74, 6) is 0. The Balaban J connectivity index is 6.13. The summed E-state index contributed by atoms with van der Waals surface area (Å²) in [6.45, 7) is 0.133. The third-order valence-corrected chi connectivity index (χ3v) is 8.16. The normalized spacial score (nSPS) is 16.7. The van der Waals surface area contributed by atoms with E-state index in [-0.39, 0.29) is 6.92 Å². The number of hydrogen-bond donors (Lipinski definition) is 0. The molecular weight excluding hydrogens is 463 g/mol. The van der Waals surface area contributed by atoms with Crippen LogP contribution in [0.25, 0.3) is 0 Å². The molecule has 0 fully saturated rings. The van der Waals surface area contributed by atoms with Crippen LogP contribution in [-0.2, 0) is 34.0 Å². The highest BCUT2D eigenvalue weighted by atomic mass is 32.3. The Morgan fingerprint density at radius 3 is 1.23 bits per heavy atom. The Labute approximate surface area is 140 Å². The first-order valence-electron chi connectivity index (χ1n) is 5.58. The minimum absolute atomic E-state index is 0.133. The molecular formula is C7H7F9O7S3. The van der Waals surface area contributed by atoms with Crippen molar-refractivity contribution in [1.82, 2.24) is 0 Å². The smallest absolute Gasteiger partial charge is 0.260 e. The molecule has 0 spiro atoms. The molecule has 0 N–H and O–H groups in total. The van der Waals surface area contributed by atoms with E-state index in [0.29, 0.717) is 0 Å². The lowest BCUT2D eigenvalue weighted by Crippen LogP contribution is -2.46. The van der Waals surface area contributed by atoms with Gasteiger partial charge in [0.15, 0.2) is 4.58 Å². The molecule has 1 unspecified atom stereocenters. The molecule has 0 amide bonds. The van der Waals surface area contributed by atoms with Gasteiger partial charge < -0.3 is 0 Å². The minimum Gasteiger partial charge on any atom is -0.260 e. The number of hydrogen-bond acceptors (Lipinski definition) is 7. The first-order chi connectivity index (χ1) is 11.0. The van der Waals surface area contributed by atoms with Crippen LogP contribution in [-0.4, -0.2) is 52.5 Å². The van der Waals surface area contributed by atoms with Crippen molar-refractivity contribution < 1.29 is 69.0 Å². The van der Waals surface area contributed by atoms with Crippen LogP contribution in [0.3, 0.4) is 0 Å². The van der Waals surface area contributed by atoms with Gasteiger partial charge in [-0.05, 0) is 6.92 Å². The highest BCUT2D eigenvalue weighted by molar-refractivity contribution is 8.09. The third-order valence-electron chi connectivity index (χ3n) is 2.44. The van der Waals surface area contributed by atoms with Crippen LogP contribution < -0.4 is 0 Å². The number of sulfone groups is 2. The average Bonchev–Trinajstić information content (AvgIpc) is 2.30. The molecule has 0 saturated carbocycles. The zero-order valence-corrected chi connectivity index (χ0v) is 14.3. The van der Waals surface area contributed by atoms with E-state index in [1.54, 1.807) is 0 Å². The third kappa shape index (κ3) is 5.12. The van der Waals surface area contributed by atoms with Gasteiger partial charge in [-0.1, -0.05) is 0 Å². The fraction of sp³-hybridized carbons (Fsp3) is 1.00. The lowest BCUT2D eigenvalue weighted by atomic mass is 10.3. The topological polar surface area (TPSA) is 112 Å². The van der Waals surface area contributed by atoms with Gasteiger partial charge in [0.25, 0.3) is 19.7 Å². The van der Waals surface area contributed by atoms with E-state index in [1.165, 1.54) is 0 Å². The monoisotopic (exact) mass is 470 g/mol. The predicted molar refractivity (Wildman–Crippen MR) is 63.9 cm³/mol. The van der Waals surface area contributed by atoms with Gasteiger partial charge in [0.2, 0.25) is 0 Å². The number of alkyl halides is 9. The van der Waals surface area contributed by atoms with E-state index in [0.717, 1.165) is 0 Å². The summed E-state index contributed by atoms with van der Waals surface area (Å²) in [5, 5.41) is 0. The first-order valence-corrected chi connectivity index (χ1v) is 10.1. The van der Waals surface area contributed by atoms with Gasteiger partial charge in [-0.25, -0.2) is 16.8 Å². The molecule has 1 atom stereocenters. The van der Waals surface area contributed by atoms with Crippen molar-refractivity contribution in [1.29, 1.82) is 0 Å². The van der Waals surface area contributed by atoms with E-state index >= 15 is 0 Å². The van der Waals surface area contributed by atoms with Gasteiger partial charge in [-0.2, -0.15) is 47.9 Å². The van der Waals surface area contributed by atoms with Crippen LogP contribution >= 0.6 is 0 Å². The molecule has 0 radical (unpaired) electrons. The van der Waals surface area contributed by atoms with E-state index in [1.807, 2.05) is 0 Å². The quantitative estimate of drug-likeness (QED) is 0.331. The Hall–Kier alpha value is -0.820. The van der Waals surface area contributed by atoms with Crippen LogP contribution in [0.5, 0.6) is 0 Å². The molecule has 0 rings (SSSR count). The maximum absolute atomic E-state index is 12.4. The van der Waals surface area contributed by atoms with Crippen molar-refractivity contribution in [3.8, 4) is 0 Å². The van der Waals surface area contributed by atoms with Crippen LogP contribution in [0.4, 0.5) is 39.5 Å². The van der Waals surface area contributed by atoms with Crippen LogP contribution in [0.2, 0.25) is 0 Å². The molecule has 7 nitrogen and oxygen atoms in total. The van der Waals surface area contributed by atoms with Crippen molar-refractivity contribution >= 4 is 29.8 Å². The zero-order valence-electron chi connectivity index (χ0n) is 11.8. The van der Waals surface area contributed by atoms with Gasteiger partial charge in [0, 0.05) is 6.42 Å². The fourth-order valence-corrected chi connectivity index (χ4v) is 5.55. The van der Waals surface area contributed by atoms with Crippen molar-refractivity contribution in [2.24, 2.45) is 0 Å². The van der Waals surface area contributed by atoms with Gasteiger partial charge in [-0.3, -0.25) is 4.18 Å². The summed E-state index contributed by atoms with van der Waals surface area (Å²) >= 11 is 0. The van der Waals surface area contributed by atoms with E-state index in [4.69, 9.17) is 0 Å². The highest BCUT2D eigenvalue weighted by Gasteiger charge is 2.63. The van der Waals surface area contributed by atoms with Gasteiger partial charge >= 0.3 is 26.6 Å². The fourth-order valence-electron chi connectivity index (χ4n) is 1.30. The molecule has 19 heteroatoms. The second-order valence-electron chi connectivity index (χ2n) is 4.45. The average molecular weight is 470 g/mol. The standard InChI is InChI=1S/C7H7F9O7S3/c1-3(23-26(21,22)7(14,15)16)2-4(24(17,18)5(8,9)10)25(19,20)6(11,12)13/h3-4H,2H2,1H3. The molecule has 0 heterocycles. The maximum atomic E-state index is 12.4. The predicted octanol–water partition coefficient (Wildman–Crippen LogP) is 1.83. The van der Waals surface area contributed by atoms with Crippen molar-refractivity contribution in [2.45, 2.75) is 40.6 Å². The molecule has 0 aliphatic rings. The molecule has 0 aromatic rings. The molecule has 0 aliphatic carbocycles. The van der Waals surface area contributed by atoms with Gasteiger partial charge in [-0.15, -0.1) is 0 Å². The summed E-state index contributed by atoms with van der Waals surface area (Å²) < 4.78 is 175. The van der Waals surface area contributed by atoms with Crippen LogP contribution in [0.1, 0.15) is 13.3 Å². The Kier molecular flexibility index (Phi) is 6.75. The molecule has 0 aromatic heterocycles. The van der Waals surface area contributed by atoms with Gasteiger partial charge in [0.1, 0.15) is 0 Å². The Morgan fingerprint density at radius 2 is 1.00 bits per heavy atom. The van der Waals surface area contributed by atoms with Crippen LogP contribution in [0, 0.1) is 0 Å². The highest BCUT2D eigenvalue weighted by Crippen LogP contribution is 2.39. The van der Waals surface area contributed by atoms with E-state index < -0.39 is 63.4 Å². The Morgan fingerprint density at radius 1 is 0.692 bits per heavy atom. The zero-order chi connectivity index (χ0) is 21.6. The summed E-state index contributed by atoms with van der Waals surface area (Å²) in [6.07, 6.45) is -5.24. The van der Waals surface area contributed by atoms with Crippen molar-refractivity contribution in [3.63, 3.8) is 0 Å². The van der Waals surface area contributed by atoms with E-state index in [2.05, 4.69) is 4.18 Å².